The van der Waals surface area contributed by atoms with Gasteiger partial charge in [-0.3, -0.25) is 0 Å². The molecule has 0 spiro atoms. The number of phenols is 4. The zero-order valence-corrected chi connectivity index (χ0v) is 15.1. The molecular weight excluding hydrogens is 336 g/mol. The van der Waals surface area contributed by atoms with Crippen molar-refractivity contribution in [1.29, 1.82) is 0 Å². The van der Waals surface area contributed by atoms with Crippen LogP contribution in [0.15, 0.2) is 30.3 Å². The zero-order valence-electron chi connectivity index (χ0n) is 15.1. The van der Waals surface area contributed by atoms with Crippen molar-refractivity contribution in [2.75, 3.05) is 0 Å². The molecule has 1 aliphatic heterocycles. The Morgan fingerprint density at radius 2 is 1.77 bits per heavy atom. The quantitative estimate of drug-likeness (QED) is 0.620. The molecule has 0 fully saturated rings. The SMILES string of the molecule is CCC(C)(C)O[C@@H]1Cc2c(O)cc(O)cc2OC1c1ccc(O)c(O)c1. The second-order valence-electron chi connectivity index (χ2n) is 7.20. The van der Waals surface area contributed by atoms with Gasteiger partial charge in [-0.25, -0.2) is 0 Å². The van der Waals surface area contributed by atoms with Crippen molar-refractivity contribution in [2.24, 2.45) is 0 Å². The molecule has 26 heavy (non-hydrogen) atoms. The van der Waals surface area contributed by atoms with Gasteiger partial charge in [-0.05, 0) is 38.0 Å². The minimum atomic E-state index is -0.568. The van der Waals surface area contributed by atoms with Gasteiger partial charge in [0.1, 0.15) is 23.4 Å². The molecule has 0 amide bonds. The van der Waals surface area contributed by atoms with Crippen molar-refractivity contribution in [3.05, 3.63) is 41.5 Å². The lowest BCUT2D eigenvalue weighted by Gasteiger charge is -2.38. The van der Waals surface area contributed by atoms with Gasteiger partial charge in [0, 0.05) is 24.1 Å². The Balaban J connectivity index is 2.04. The molecule has 3 rings (SSSR count). The van der Waals surface area contributed by atoms with E-state index in [0.717, 1.165) is 6.42 Å². The lowest BCUT2D eigenvalue weighted by Crippen LogP contribution is -2.39. The van der Waals surface area contributed by atoms with Gasteiger partial charge in [0.05, 0.1) is 5.60 Å². The second-order valence-corrected chi connectivity index (χ2v) is 7.20. The minimum Gasteiger partial charge on any atom is -0.508 e. The van der Waals surface area contributed by atoms with Crippen molar-refractivity contribution >= 4 is 0 Å². The largest absolute Gasteiger partial charge is 0.508 e. The first kappa shape index (κ1) is 18.2. The summed E-state index contributed by atoms with van der Waals surface area (Å²) in [5.41, 5.74) is 0.791. The molecule has 1 aliphatic rings. The van der Waals surface area contributed by atoms with E-state index in [-0.39, 0.29) is 23.0 Å². The summed E-state index contributed by atoms with van der Waals surface area (Å²) >= 11 is 0. The summed E-state index contributed by atoms with van der Waals surface area (Å²) in [6, 6.07) is 7.21. The molecule has 6 nitrogen and oxygen atoms in total. The van der Waals surface area contributed by atoms with Crippen LogP contribution < -0.4 is 4.74 Å². The molecule has 2 atom stereocenters. The van der Waals surface area contributed by atoms with Crippen LogP contribution in [0.3, 0.4) is 0 Å². The highest BCUT2D eigenvalue weighted by Gasteiger charge is 2.37. The number of hydrogen-bond acceptors (Lipinski definition) is 6. The van der Waals surface area contributed by atoms with E-state index in [1.807, 2.05) is 20.8 Å². The summed E-state index contributed by atoms with van der Waals surface area (Å²) in [7, 11) is 0. The van der Waals surface area contributed by atoms with Crippen LogP contribution in [-0.2, 0) is 11.2 Å². The standard InChI is InChI=1S/C20H24O6/c1-4-20(2,3)26-18-10-13-15(23)8-12(21)9-17(13)25-19(18)11-5-6-14(22)16(24)7-11/h5-9,18-19,21-24H,4,10H2,1-3H3/t18-,19?/m1/s1. The maximum atomic E-state index is 10.2. The fraction of sp³-hybridized carbons (Fsp3) is 0.400. The molecular formula is C20H24O6. The molecule has 2 aromatic carbocycles. The molecule has 140 valence electrons. The van der Waals surface area contributed by atoms with Crippen LogP contribution in [0.2, 0.25) is 0 Å². The van der Waals surface area contributed by atoms with Crippen LogP contribution in [0.1, 0.15) is 44.4 Å². The molecule has 4 N–H and O–H groups in total. The summed E-state index contributed by atoms with van der Waals surface area (Å²) in [5.74, 6) is -0.235. The third-order valence-corrected chi connectivity index (χ3v) is 4.82. The monoisotopic (exact) mass is 360 g/mol. The van der Waals surface area contributed by atoms with Gasteiger partial charge >= 0.3 is 0 Å². The Hall–Kier alpha value is -2.60. The van der Waals surface area contributed by atoms with E-state index in [2.05, 4.69) is 0 Å². The second kappa shape index (κ2) is 6.61. The lowest BCUT2D eigenvalue weighted by molar-refractivity contribution is -0.121. The van der Waals surface area contributed by atoms with Gasteiger partial charge in [0.2, 0.25) is 0 Å². The van der Waals surface area contributed by atoms with Crippen molar-refractivity contribution in [3.8, 4) is 28.7 Å². The zero-order chi connectivity index (χ0) is 19.1. The molecule has 1 unspecified atom stereocenters. The van der Waals surface area contributed by atoms with E-state index in [1.165, 1.54) is 24.3 Å². The molecule has 0 radical (unpaired) electrons. The van der Waals surface area contributed by atoms with Crippen LogP contribution in [0, 0.1) is 0 Å². The first-order valence-corrected chi connectivity index (χ1v) is 8.61. The summed E-state index contributed by atoms with van der Waals surface area (Å²) in [6.07, 6.45) is 0.181. The third-order valence-electron chi connectivity index (χ3n) is 4.82. The summed E-state index contributed by atoms with van der Waals surface area (Å²) in [4.78, 5) is 0. The van der Waals surface area contributed by atoms with Gasteiger partial charge in [-0.2, -0.15) is 0 Å². The Labute approximate surface area is 152 Å². The molecule has 2 aromatic rings. The smallest absolute Gasteiger partial charge is 0.157 e. The number of ether oxygens (including phenoxy) is 2. The highest BCUT2D eigenvalue weighted by molar-refractivity contribution is 5.52. The fourth-order valence-corrected chi connectivity index (χ4v) is 3.04. The van der Waals surface area contributed by atoms with Crippen LogP contribution in [0.5, 0.6) is 28.7 Å². The van der Waals surface area contributed by atoms with Crippen molar-refractivity contribution in [2.45, 2.75) is 51.4 Å². The molecule has 0 aromatic heterocycles. The molecule has 0 aliphatic carbocycles. The Bertz CT molecular complexity index is 814. The lowest BCUT2D eigenvalue weighted by atomic mass is 9.92. The highest BCUT2D eigenvalue weighted by atomic mass is 16.6. The predicted octanol–water partition coefficient (Wildman–Crippen LogP) is 3.76. The molecule has 6 heteroatoms. The minimum absolute atomic E-state index is 0.0464. The van der Waals surface area contributed by atoms with Gasteiger partial charge in [-0.15, -0.1) is 0 Å². The molecule has 0 bridgehead atoms. The van der Waals surface area contributed by atoms with Gasteiger partial charge in [0.25, 0.3) is 0 Å². The van der Waals surface area contributed by atoms with Crippen molar-refractivity contribution < 1.29 is 29.9 Å². The number of fused-ring (bicyclic) bond motifs is 1. The first-order valence-electron chi connectivity index (χ1n) is 8.61. The topological polar surface area (TPSA) is 99.4 Å². The van der Waals surface area contributed by atoms with Crippen LogP contribution in [0.25, 0.3) is 0 Å². The van der Waals surface area contributed by atoms with Crippen molar-refractivity contribution in [1.82, 2.24) is 0 Å². The number of benzene rings is 2. The first-order chi connectivity index (χ1) is 12.2. The van der Waals surface area contributed by atoms with Gasteiger partial charge < -0.3 is 29.9 Å². The number of phenolic OH excluding ortho intramolecular Hbond substituents is 4. The van der Waals surface area contributed by atoms with E-state index in [4.69, 9.17) is 9.47 Å². The molecule has 0 saturated carbocycles. The third kappa shape index (κ3) is 3.51. The van der Waals surface area contributed by atoms with Crippen LogP contribution in [-0.4, -0.2) is 32.1 Å². The van der Waals surface area contributed by atoms with E-state index in [0.29, 0.717) is 23.3 Å². The Morgan fingerprint density at radius 1 is 1.04 bits per heavy atom. The number of aromatic hydroxyl groups is 4. The maximum absolute atomic E-state index is 10.2. The highest BCUT2D eigenvalue weighted by Crippen LogP contribution is 2.44. The Kier molecular flexibility index (Phi) is 4.63. The average molecular weight is 360 g/mol. The number of hydrogen-bond donors (Lipinski definition) is 4. The van der Waals surface area contributed by atoms with E-state index >= 15 is 0 Å². The fourth-order valence-electron chi connectivity index (χ4n) is 3.04. The molecule has 0 saturated heterocycles. The number of rotatable bonds is 4. The van der Waals surface area contributed by atoms with Gasteiger partial charge in [-0.1, -0.05) is 13.0 Å². The van der Waals surface area contributed by atoms with Gasteiger partial charge in [0.15, 0.2) is 17.6 Å². The summed E-state index contributed by atoms with van der Waals surface area (Å²) in [5, 5.41) is 39.4. The van der Waals surface area contributed by atoms with Crippen molar-refractivity contribution in [3.63, 3.8) is 0 Å². The normalized spacial score (nSPS) is 19.7. The summed E-state index contributed by atoms with van der Waals surface area (Å²) < 4.78 is 12.3. The van der Waals surface area contributed by atoms with E-state index in [1.54, 1.807) is 6.07 Å². The molecule has 1 heterocycles. The Morgan fingerprint density at radius 3 is 2.42 bits per heavy atom. The summed E-state index contributed by atoms with van der Waals surface area (Å²) in [6.45, 7) is 5.98. The van der Waals surface area contributed by atoms with E-state index < -0.39 is 17.8 Å². The predicted molar refractivity (Wildman–Crippen MR) is 95.9 cm³/mol. The van der Waals surface area contributed by atoms with E-state index in [9.17, 15) is 20.4 Å². The average Bonchev–Trinajstić information content (AvgIpc) is 2.57. The maximum Gasteiger partial charge on any atom is 0.157 e. The van der Waals surface area contributed by atoms with Crippen LogP contribution >= 0.6 is 0 Å². The van der Waals surface area contributed by atoms with Crippen LogP contribution in [0.4, 0.5) is 0 Å².